The summed E-state index contributed by atoms with van der Waals surface area (Å²) in [6, 6.07) is 6.70. The van der Waals surface area contributed by atoms with E-state index in [1.807, 2.05) is 6.07 Å². The van der Waals surface area contributed by atoms with Crippen LogP contribution < -0.4 is 5.73 Å². The van der Waals surface area contributed by atoms with Crippen LogP contribution in [0.3, 0.4) is 0 Å². The number of ether oxygens (including phenoxy) is 1. The van der Waals surface area contributed by atoms with Crippen LogP contribution >= 0.6 is 11.6 Å². The highest BCUT2D eigenvalue weighted by Crippen LogP contribution is 2.23. The predicted octanol–water partition coefficient (Wildman–Crippen LogP) is 1.77. The number of nitriles is 1. The molecule has 1 aromatic heterocycles. The maximum absolute atomic E-state index is 11.4. The van der Waals surface area contributed by atoms with E-state index in [0.29, 0.717) is 16.3 Å². The van der Waals surface area contributed by atoms with E-state index in [2.05, 4.69) is 9.84 Å². The van der Waals surface area contributed by atoms with Crippen LogP contribution in [0.15, 0.2) is 24.4 Å². The Hall–Kier alpha value is -2.52. The highest BCUT2D eigenvalue weighted by Gasteiger charge is 2.16. The van der Waals surface area contributed by atoms with Crippen molar-refractivity contribution in [2.75, 3.05) is 12.8 Å². The fraction of sp³-hybridized carbons (Fsp3) is 0.0833. The van der Waals surface area contributed by atoms with Crippen molar-refractivity contribution in [2.24, 2.45) is 0 Å². The smallest absolute Gasteiger partial charge is 0.360 e. The molecule has 1 heterocycles. The Labute approximate surface area is 114 Å². The Morgan fingerprint density at radius 3 is 2.89 bits per heavy atom. The minimum Gasteiger partial charge on any atom is -0.464 e. The molecule has 0 spiro atoms. The van der Waals surface area contributed by atoms with Crippen LogP contribution in [0, 0.1) is 11.3 Å². The molecule has 0 bridgehead atoms. The second-order valence-electron chi connectivity index (χ2n) is 3.65. The van der Waals surface area contributed by atoms with Crippen molar-refractivity contribution < 1.29 is 9.53 Å². The van der Waals surface area contributed by atoms with Gasteiger partial charge in [-0.3, -0.25) is 0 Å². The number of hydrogen-bond acceptors (Lipinski definition) is 5. The number of esters is 1. The molecule has 7 heteroatoms. The SMILES string of the molecule is COC(=O)c1nn(-c2ccc(C#N)cc2Cl)cc1N. The lowest BCUT2D eigenvalue weighted by Crippen LogP contribution is -2.06. The summed E-state index contributed by atoms with van der Waals surface area (Å²) in [5.41, 5.74) is 6.83. The first-order chi connectivity index (χ1) is 9.06. The summed E-state index contributed by atoms with van der Waals surface area (Å²) in [7, 11) is 1.25. The van der Waals surface area contributed by atoms with E-state index >= 15 is 0 Å². The number of benzene rings is 1. The van der Waals surface area contributed by atoms with Crippen LogP contribution in [0.5, 0.6) is 0 Å². The summed E-state index contributed by atoms with van der Waals surface area (Å²) in [6.45, 7) is 0. The number of methoxy groups -OCH3 is 1. The molecule has 0 atom stereocenters. The van der Waals surface area contributed by atoms with Crippen molar-refractivity contribution in [3.05, 3.63) is 40.7 Å². The van der Waals surface area contributed by atoms with Crippen molar-refractivity contribution >= 4 is 23.3 Å². The molecule has 0 aliphatic heterocycles. The lowest BCUT2D eigenvalue weighted by molar-refractivity contribution is 0.0594. The Kier molecular flexibility index (Phi) is 3.40. The fourth-order valence-electron chi connectivity index (χ4n) is 1.53. The molecule has 1 aromatic carbocycles. The number of carbonyl (C=O) groups excluding carboxylic acids is 1. The normalized spacial score (nSPS) is 9.95. The van der Waals surface area contributed by atoms with Crippen LogP contribution in [-0.2, 0) is 4.74 Å². The van der Waals surface area contributed by atoms with E-state index < -0.39 is 5.97 Å². The van der Waals surface area contributed by atoms with Gasteiger partial charge in [-0.2, -0.15) is 10.4 Å². The number of nitrogen functional groups attached to an aromatic ring is 1. The zero-order chi connectivity index (χ0) is 14.0. The Balaban J connectivity index is 2.49. The number of carbonyl (C=O) groups is 1. The summed E-state index contributed by atoms with van der Waals surface area (Å²) in [5, 5.41) is 13.1. The molecule has 6 nitrogen and oxygen atoms in total. The average molecular weight is 277 g/mol. The molecule has 0 fully saturated rings. The zero-order valence-electron chi connectivity index (χ0n) is 9.92. The van der Waals surface area contributed by atoms with Gasteiger partial charge in [0, 0.05) is 0 Å². The van der Waals surface area contributed by atoms with E-state index in [-0.39, 0.29) is 11.4 Å². The third-order valence-electron chi connectivity index (χ3n) is 2.44. The number of hydrogen-bond donors (Lipinski definition) is 1. The maximum atomic E-state index is 11.4. The van der Waals surface area contributed by atoms with E-state index in [9.17, 15) is 4.79 Å². The van der Waals surface area contributed by atoms with Gasteiger partial charge in [0.25, 0.3) is 0 Å². The van der Waals surface area contributed by atoms with Crippen molar-refractivity contribution in [1.82, 2.24) is 9.78 Å². The minimum atomic E-state index is -0.624. The summed E-state index contributed by atoms with van der Waals surface area (Å²) >= 11 is 6.05. The van der Waals surface area contributed by atoms with Gasteiger partial charge in [-0.25, -0.2) is 9.48 Å². The minimum absolute atomic E-state index is 0.0166. The molecule has 2 rings (SSSR count). The average Bonchev–Trinajstić information content (AvgIpc) is 2.79. The first-order valence-electron chi connectivity index (χ1n) is 5.20. The van der Waals surface area contributed by atoms with Crippen molar-refractivity contribution in [2.45, 2.75) is 0 Å². The standard InChI is InChI=1S/C12H9ClN4O2/c1-19-12(18)11-9(15)6-17(16-11)10-3-2-7(5-14)4-8(10)13/h2-4,6H,15H2,1H3. The van der Waals surface area contributed by atoms with E-state index in [1.54, 1.807) is 12.1 Å². The van der Waals surface area contributed by atoms with Gasteiger partial charge in [0.05, 0.1) is 41.3 Å². The predicted molar refractivity (Wildman–Crippen MR) is 69.0 cm³/mol. The third-order valence-corrected chi connectivity index (χ3v) is 2.75. The summed E-state index contributed by atoms with van der Waals surface area (Å²) in [4.78, 5) is 11.4. The van der Waals surface area contributed by atoms with Gasteiger partial charge in [-0.15, -0.1) is 0 Å². The molecule has 0 aliphatic rings. The topological polar surface area (TPSA) is 93.9 Å². The number of aromatic nitrogens is 2. The molecular weight excluding hydrogens is 268 g/mol. The molecule has 2 N–H and O–H groups in total. The second-order valence-corrected chi connectivity index (χ2v) is 4.05. The van der Waals surface area contributed by atoms with Gasteiger partial charge in [-0.05, 0) is 18.2 Å². The molecule has 19 heavy (non-hydrogen) atoms. The summed E-state index contributed by atoms with van der Waals surface area (Å²) in [6.07, 6.45) is 1.46. The van der Waals surface area contributed by atoms with Gasteiger partial charge in [0.1, 0.15) is 0 Å². The Morgan fingerprint density at radius 1 is 1.58 bits per heavy atom. The zero-order valence-corrected chi connectivity index (χ0v) is 10.7. The quantitative estimate of drug-likeness (QED) is 0.844. The summed E-state index contributed by atoms with van der Waals surface area (Å²) in [5.74, 6) is -0.624. The first-order valence-corrected chi connectivity index (χ1v) is 5.58. The number of rotatable bonds is 2. The molecule has 0 saturated heterocycles. The third kappa shape index (κ3) is 2.37. The molecule has 0 amide bonds. The first kappa shape index (κ1) is 12.9. The van der Waals surface area contributed by atoms with E-state index in [1.165, 1.54) is 24.1 Å². The van der Waals surface area contributed by atoms with E-state index in [4.69, 9.17) is 22.6 Å². The number of nitrogens with zero attached hydrogens (tertiary/aromatic N) is 3. The molecule has 0 aliphatic carbocycles. The van der Waals surface area contributed by atoms with Crippen LogP contribution in [0.4, 0.5) is 5.69 Å². The monoisotopic (exact) mass is 276 g/mol. The molecule has 2 aromatic rings. The van der Waals surface area contributed by atoms with Gasteiger partial charge in [0.15, 0.2) is 5.69 Å². The van der Waals surface area contributed by atoms with Crippen molar-refractivity contribution in [3.8, 4) is 11.8 Å². The maximum Gasteiger partial charge on any atom is 0.360 e. The van der Waals surface area contributed by atoms with Crippen LogP contribution in [0.25, 0.3) is 5.69 Å². The van der Waals surface area contributed by atoms with Gasteiger partial charge >= 0.3 is 5.97 Å². The molecule has 0 saturated carbocycles. The Bertz CT molecular complexity index is 688. The number of halogens is 1. The second kappa shape index (κ2) is 5.00. The van der Waals surface area contributed by atoms with Crippen LogP contribution in [-0.4, -0.2) is 22.9 Å². The molecule has 0 radical (unpaired) electrons. The highest BCUT2D eigenvalue weighted by atomic mass is 35.5. The van der Waals surface area contributed by atoms with Gasteiger partial charge < -0.3 is 10.5 Å². The molecule has 96 valence electrons. The van der Waals surface area contributed by atoms with Crippen LogP contribution in [0.1, 0.15) is 16.1 Å². The lowest BCUT2D eigenvalue weighted by atomic mass is 10.2. The van der Waals surface area contributed by atoms with Gasteiger partial charge in [-0.1, -0.05) is 11.6 Å². The molecular formula is C12H9ClN4O2. The largest absolute Gasteiger partial charge is 0.464 e. The highest BCUT2D eigenvalue weighted by molar-refractivity contribution is 6.32. The molecule has 0 unspecified atom stereocenters. The lowest BCUT2D eigenvalue weighted by Gasteiger charge is -2.03. The fourth-order valence-corrected chi connectivity index (χ4v) is 1.80. The van der Waals surface area contributed by atoms with Crippen LogP contribution in [0.2, 0.25) is 5.02 Å². The van der Waals surface area contributed by atoms with Gasteiger partial charge in [0.2, 0.25) is 0 Å². The summed E-state index contributed by atoms with van der Waals surface area (Å²) < 4.78 is 5.93. The number of nitrogens with two attached hydrogens (primary N) is 1. The van der Waals surface area contributed by atoms with E-state index in [0.717, 1.165) is 0 Å². The van der Waals surface area contributed by atoms with Crippen molar-refractivity contribution in [3.63, 3.8) is 0 Å². The van der Waals surface area contributed by atoms with Crippen molar-refractivity contribution in [1.29, 1.82) is 5.26 Å². The number of anilines is 1. The Morgan fingerprint density at radius 2 is 2.32 bits per heavy atom.